The Morgan fingerprint density at radius 2 is 2.12 bits per heavy atom. The SMILES string of the molecule is CC[C@@H](C)N=C(N)N. The molecule has 0 radical (unpaired) electrons. The van der Waals surface area contributed by atoms with Gasteiger partial charge in [-0.3, -0.25) is 4.99 Å². The van der Waals surface area contributed by atoms with Gasteiger partial charge in [0, 0.05) is 0 Å². The maximum absolute atomic E-state index is 5.10. The van der Waals surface area contributed by atoms with Crippen LogP contribution in [0.3, 0.4) is 0 Å². The molecule has 48 valence electrons. The third-order valence-corrected chi connectivity index (χ3v) is 0.960. The molecule has 0 aromatic rings. The molecule has 0 saturated heterocycles. The third kappa shape index (κ3) is 3.46. The summed E-state index contributed by atoms with van der Waals surface area (Å²) in [6.07, 6.45) is 0.984. The molecule has 0 saturated carbocycles. The van der Waals surface area contributed by atoms with Crippen LogP contribution >= 0.6 is 0 Å². The molecule has 0 unspecified atom stereocenters. The fourth-order valence-electron chi connectivity index (χ4n) is 0.346. The number of hydrogen-bond acceptors (Lipinski definition) is 1. The fourth-order valence-corrected chi connectivity index (χ4v) is 0.346. The van der Waals surface area contributed by atoms with Crippen molar-refractivity contribution in [3.63, 3.8) is 0 Å². The minimum Gasteiger partial charge on any atom is -0.370 e. The van der Waals surface area contributed by atoms with E-state index in [1.807, 2.05) is 13.8 Å². The molecule has 0 aromatic carbocycles. The Bertz CT molecular complexity index is 83.7. The van der Waals surface area contributed by atoms with E-state index in [0.29, 0.717) is 0 Å². The number of guanidine groups is 1. The molecule has 3 nitrogen and oxygen atoms in total. The molecular formula is C5H13N3. The molecular weight excluding hydrogens is 102 g/mol. The molecule has 3 heteroatoms. The van der Waals surface area contributed by atoms with E-state index < -0.39 is 0 Å². The van der Waals surface area contributed by atoms with Crippen LogP contribution in [0.25, 0.3) is 0 Å². The summed E-state index contributed by atoms with van der Waals surface area (Å²) in [6.45, 7) is 4.01. The van der Waals surface area contributed by atoms with Gasteiger partial charge in [-0.15, -0.1) is 0 Å². The number of rotatable bonds is 2. The van der Waals surface area contributed by atoms with Crippen molar-refractivity contribution in [3.05, 3.63) is 0 Å². The highest BCUT2D eigenvalue weighted by Gasteiger charge is 1.91. The van der Waals surface area contributed by atoms with Crippen molar-refractivity contribution in [1.82, 2.24) is 0 Å². The monoisotopic (exact) mass is 115 g/mol. The van der Waals surface area contributed by atoms with Crippen molar-refractivity contribution >= 4 is 5.96 Å². The lowest BCUT2D eigenvalue weighted by atomic mass is 10.3. The number of nitrogens with two attached hydrogens (primary N) is 2. The molecule has 0 rings (SSSR count). The van der Waals surface area contributed by atoms with E-state index in [1.54, 1.807) is 0 Å². The van der Waals surface area contributed by atoms with Crippen molar-refractivity contribution in [1.29, 1.82) is 0 Å². The predicted molar refractivity (Wildman–Crippen MR) is 35.6 cm³/mol. The average molecular weight is 115 g/mol. The van der Waals surface area contributed by atoms with Gasteiger partial charge in [0.2, 0.25) is 0 Å². The molecule has 0 aliphatic heterocycles. The quantitative estimate of drug-likeness (QED) is 0.395. The van der Waals surface area contributed by atoms with Gasteiger partial charge in [-0.25, -0.2) is 0 Å². The smallest absolute Gasteiger partial charge is 0.186 e. The summed E-state index contributed by atoms with van der Waals surface area (Å²) in [6, 6.07) is 0.264. The summed E-state index contributed by atoms with van der Waals surface area (Å²) in [4.78, 5) is 3.87. The van der Waals surface area contributed by atoms with Gasteiger partial charge in [0.25, 0.3) is 0 Å². The second-order valence-corrected chi connectivity index (χ2v) is 1.81. The van der Waals surface area contributed by atoms with Crippen LogP contribution < -0.4 is 11.5 Å². The van der Waals surface area contributed by atoms with Crippen molar-refractivity contribution in [2.24, 2.45) is 16.5 Å². The zero-order chi connectivity index (χ0) is 6.57. The summed E-state index contributed by atoms with van der Waals surface area (Å²) < 4.78 is 0. The first kappa shape index (κ1) is 7.27. The Morgan fingerprint density at radius 3 is 2.25 bits per heavy atom. The summed E-state index contributed by atoms with van der Waals surface area (Å²) >= 11 is 0. The topological polar surface area (TPSA) is 64.4 Å². The zero-order valence-electron chi connectivity index (χ0n) is 5.39. The van der Waals surface area contributed by atoms with Gasteiger partial charge in [0.05, 0.1) is 6.04 Å². The first-order valence-electron chi connectivity index (χ1n) is 2.75. The Kier molecular flexibility index (Phi) is 2.99. The lowest BCUT2D eigenvalue weighted by Gasteiger charge is -1.99. The molecule has 0 fully saturated rings. The third-order valence-electron chi connectivity index (χ3n) is 0.960. The summed E-state index contributed by atoms with van der Waals surface area (Å²) in [5, 5.41) is 0. The van der Waals surface area contributed by atoms with Crippen molar-refractivity contribution in [2.45, 2.75) is 26.3 Å². The minimum atomic E-state index is 0.180. The molecule has 4 N–H and O–H groups in total. The van der Waals surface area contributed by atoms with Gasteiger partial charge in [-0.2, -0.15) is 0 Å². The van der Waals surface area contributed by atoms with Crippen LogP contribution in [0, 0.1) is 0 Å². The fraction of sp³-hybridized carbons (Fsp3) is 0.800. The van der Waals surface area contributed by atoms with E-state index in [9.17, 15) is 0 Å². The van der Waals surface area contributed by atoms with Gasteiger partial charge < -0.3 is 11.5 Å². The number of nitrogens with zero attached hydrogens (tertiary/aromatic N) is 1. The maximum atomic E-state index is 5.10. The molecule has 0 aliphatic rings. The Morgan fingerprint density at radius 1 is 1.62 bits per heavy atom. The first-order chi connectivity index (χ1) is 3.66. The van der Waals surface area contributed by atoms with Crippen molar-refractivity contribution in [3.8, 4) is 0 Å². The average Bonchev–Trinajstić information content (AvgIpc) is 1.65. The number of hydrogen-bond donors (Lipinski definition) is 2. The van der Waals surface area contributed by atoms with E-state index in [1.165, 1.54) is 0 Å². The Hall–Kier alpha value is -0.730. The highest BCUT2D eigenvalue weighted by molar-refractivity contribution is 5.75. The molecule has 1 atom stereocenters. The first-order valence-corrected chi connectivity index (χ1v) is 2.75. The normalized spacial score (nSPS) is 12.8. The van der Waals surface area contributed by atoms with Gasteiger partial charge in [-0.05, 0) is 13.3 Å². The maximum Gasteiger partial charge on any atom is 0.186 e. The van der Waals surface area contributed by atoms with Crippen molar-refractivity contribution < 1.29 is 0 Å². The molecule has 0 amide bonds. The van der Waals surface area contributed by atoms with Gasteiger partial charge in [-0.1, -0.05) is 6.92 Å². The molecule has 0 aliphatic carbocycles. The highest BCUT2D eigenvalue weighted by atomic mass is 15.0. The van der Waals surface area contributed by atoms with Gasteiger partial charge in [0.1, 0.15) is 0 Å². The molecule has 8 heavy (non-hydrogen) atoms. The number of aliphatic imine (C=N–C) groups is 1. The van der Waals surface area contributed by atoms with Crippen LogP contribution in [0.4, 0.5) is 0 Å². The summed E-state index contributed by atoms with van der Waals surface area (Å²) in [7, 11) is 0. The van der Waals surface area contributed by atoms with Crippen LogP contribution in [0.5, 0.6) is 0 Å². The predicted octanol–water partition coefficient (Wildman–Crippen LogP) is 0.0583. The largest absolute Gasteiger partial charge is 0.370 e. The van der Waals surface area contributed by atoms with Crippen LogP contribution in [-0.4, -0.2) is 12.0 Å². The Balaban J connectivity index is 3.51. The molecule has 0 bridgehead atoms. The minimum absolute atomic E-state index is 0.180. The highest BCUT2D eigenvalue weighted by Crippen LogP contribution is 1.91. The standard InChI is InChI=1S/C5H13N3/c1-3-4(2)8-5(6)7/h4H,3H2,1-2H3,(H4,6,7,8)/t4-/m1/s1. The van der Waals surface area contributed by atoms with Gasteiger partial charge >= 0.3 is 0 Å². The van der Waals surface area contributed by atoms with E-state index in [-0.39, 0.29) is 12.0 Å². The van der Waals surface area contributed by atoms with E-state index in [0.717, 1.165) is 6.42 Å². The van der Waals surface area contributed by atoms with E-state index >= 15 is 0 Å². The second-order valence-electron chi connectivity index (χ2n) is 1.81. The second kappa shape index (κ2) is 3.29. The van der Waals surface area contributed by atoms with Crippen LogP contribution in [-0.2, 0) is 0 Å². The van der Waals surface area contributed by atoms with Gasteiger partial charge in [0.15, 0.2) is 5.96 Å². The lowest BCUT2D eigenvalue weighted by Crippen LogP contribution is -2.24. The summed E-state index contributed by atoms with van der Waals surface area (Å²) in [5.74, 6) is 0.180. The molecule has 0 spiro atoms. The molecule has 0 aromatic heterocycles. The van der Waals surface area contributed by atoms with Crippen LogP contribution in [0.15, 0.2) is 4.99 Å². The van der Waals surface area contributed by atoms with Crippen LogP contribution in [0.2, 0.25) is 0 Å². The Labute approximate surface area is 49.8 Å². The zero-order valence-corrected chi connectivity index (χ0v) is 5.39. The van der Waals surface area contributed by atoms with Crippen molar-refractivity contribution in [2.75, 3.05) is 0 Å². The van der Waals surface area contributed by atoms with Crippen LogP contribution in [0.1, 0.15) is 20.3 Å². The summed E-state index contributed by atoms with van der Waals surface area (Å²) in [5.41, 5.74) is 10.2. The lowest BCUT2D eigenvalue weighted by molar-refractivity contribution is 0.715. The van der Waals surface area contributed by atoms with E-state index in [4.69, 9.17) is 11.5 Å². The van der Waals surface area contributed by atoms with E-state index in [2.05, 4.69) is 4.99 Å². The molecule has 0 heterocycles.